The van der Waals surface area contributed by atoms with Gasteiger partial charge in [-0.3, -0.25) is 0 Å². The second kappa shape index (κ2) is 8.54. The van der Waals surface area contributed by atoms with Gasteiger partial charge in [0.25, 0.3) is 0 Å². The van der Waals surface area contributed by atoms with E-state index in [4.69, 9.17) is 9.47 Å². The molecule has 0 radical (unpaired) electrons. The number of hydrogen-bond donors (Lipinski definition) is 1. The first kappa shape index (κ1) is 18.0. The molecule has 1 atom stereocenters. The predicted octanol–water partition coefficient (Wildman–Crippen LogP) is 6.02. The maximum atomic E-state index is 10.4. The second-order valence-corrected chi connectivity index (χ2v) is 7.43. The van der Waals surface area contributed by atoms with Gasteiger partial charge in [-0.2, -0.15) is 0 Å². The van der Waals surface area contributed by atoms with Gasteiger partial charge in [-0.05, 0) is 35.4 Å². The maximum absolute atomic E-state index is 10.4. The van der Waals surface area contributed by atoms with Crippen molar-refractivity contribution in [3.05, 3.63) is 59.2 Å². The lowest BCUT2D eigenvalue weighted by Crippen LogP contribution is -2.28. The predicted molar refractivity (Wildman–Crippen MR) is 102 cm³/mol. The van der Waals surface area contributed by atoms with E-state index in [-0.39, 0.29) is 6.10 Å². The fourth-order valence-electron chi connectivity index (χ4n) is 3.15. The van der Waals surface area contributed by atoms with E-state index < -0.39 is 5.79 Å². The van der Waals surface area contributed by atoms with Crippen molar-refractivity contribution in [3.8, 4) is 11.1 Å². The molecule has 1 N–H and O–H groups in total. The molecule has 2 aromatic rings. The molecule has 0 amide bonds. The van der Waals surface area contributed by atoms with Crippen LogP contribution in [0.5, 0.6) is 0 Å². The van der Waals surface area contributed by atoms with Crippen molar-refractivity contribution >= 4 is 11.3 Å². The zero-order chi connectivity index (χ0) is 17.5. The minimum atomic E-state index is -0.447. The van der Waals surface area contributed by atoms with Crippen molar-refractivity contribution < 1.29 is 14.6 Å². The van der Waals surface area contributed by atoms with Crippen LogP contribution in [0.25, 0.3) is 11.1 Å². The van der Waals surface area contributed by atoms with Gasteiger partial charge in [0, 0.05) is 17.7 Å². The minimum absolute atomic E-state index is 0.372. The Morgan fingerprint density at radius 1 is 1.04 bits per heavy atom. The van der Waals surface area contributed by atoms with Gasteiger partial charge in [0.15, 0.2) is 0 Å². The molecule has 25 heavy (non-hydrogen) atoms. The standard InChI is InChI=1S/C21H26O3S/c1-2-21(23-13-14-24-21)12-8-4-7-11-19(22)20-15-18(16-25-20)17-9-5-3-6-10-17/h3,5-6,9-10,13-16,19,22H,2,4,7-8,11-12H2,1H3. The largest absolute Gasteiger partial charge is 0.457 e. The van der Waals surface area contributed by atoms with Crippen molar-refractivity contribution in [2.45, 2.75) is 57.3 Å². The van der Waals surface area contributed by atoms with Crippen LogP contribution in [0.1, 0.15) is 56.4 Å². The summed E-state index contributed by atoms with van der Waals surface area (Å²) in [6.45, 7) is 2.08. The van der Waals surface area contributed by atoms with Crippen LogP contribution in [-0.4, -0.2) is 10.9 Å². The quantitative estimate of drug-likeness (QED) is 0.557. The normalized spacial score (nSPS) is 16.4. The number of unbranched alkanes of at least 4 members (excludes halogenated alkanes) is 2. The highest BCUT2D eigenvalue weighted by Gasteiger charge is 2.32. The SMILES string of the molecule is CCC1(CCCCCC(O)c2cc(-c3ccccc3)cs2)OC=CO1. The third-order valence-corrected chi connectivity index (χ3v) is 5.78. The monoisotopic (exact) mass is 358 g/mol. The fraction of sp³-hybridized carbons (Fsp3) is 0.429. The van der Waals surface area contributed by atoms with Crippen molar-refractivity contribution in [3.63, 3.8) is 0 Å². The van der Waals surface area contributed by atoms with Gasteiger partial charge in [-0.1, -0.05) is 50.1 Å². The van der Waals surface area contributed by atoms with Crippen molar-refractivity contribution in [1.82, 2.24) is 0 Å². The average Bonchev–Trinajstić information content (AvgIpc) is 3.32. The molecule has 0 fully saturated rings. The summed E-state index contributed by atoms with van der Waals surface area (Å²) in [6.07, 6.45) is 8.56. The van der Waals surface area contributed by atoms with Crippen LogP contribution < -0.4 is 0 Å². The summed E-state index contributed by atoms with van der Waals surface area (Å²) in [4.78, 5) is 1.05. The van der Waals surface area contributed by atoms with Crippen LogP contribution in [0.3, 0.4) is 0 Å². The van der Waals surface area contributed by atoms with Gasteiger partial charge in [-0.25, -0.2) is 0 Å². The number of thiophene rings is 1. The highest BCUT2D eigenvalue weighted by atomic mass is 32.1. The molecule has 3 nitrogen and oxygen atoms in total. The highest BCUT2D eigenvalue weighted by Crippen LogP contribution is 2.33. The number of ether oxygens (including phenoxy) is 2. The Morgan fingerprint density at radius 3 is 2.52 bits per heavy atom. The lowest BCUT2D eigenvalue weighted by Gasteiger charge is -2.26. The zero-order valence-corrected chi connectivity index (χ0v) is 15.5. The third-order valence-electron chi connectivity index (χ3n) is 4.75. The summed E-state index contributed by atoms with van der Waals surface area (Å²) >= 11 is 1.64. The van der Waals surface area contributed by atoms with Gasteiger partial charge in [0.2, 0.25) is 5.79 Å². The molecule has 3 rings (SSSR count). The molecule has 1 unspecified atom stereocenters. The Morgan fingerprint density at radius 2 is 1.80 bits per heavy atom. The van der Waals surface area contributed by atoms with Crippen LogP contribution in [0.15, 0.2) is 54.3 Å². The highest BCUT2D eigenvalue weighted by molar-refractivity contribution is 7.10. The summed E-state index contributed by atoms with van der Waals surface area (Å²) in [5.41, 5.74) is 2.39. The Balaban J connectivity index is 1.41. The van der Waals surface area contributed by atoms with Gasteiger partial charge in [0.05, 0.1) is 6.10 Å². The van der Waals surface area contributed by atoms with E-state index in [0.717, 1.165) is 43.4 Å². The third kappa shape index (κ3) is 4.65. The van der Waals surface area contributed by atoms with Crippen molar-refractivity contribution in [2.24, 2.45) is 0 Å². The van der Waals surface area contributed by atoms with Crippen molar-refractivity contribution in [2.75, 3.05) is 0 Å². The van der Waals surface area contributed by atoms with Gasteiger partial charge in [0.1, 0.15) is 12.5 Å². The van der Waals surface area contributed by atoms with Crippen LogP contribution in [0.2, 0.25) is 0 Å². The Hall–Kier alpha value is -1.78. The first-order valence-electron chi connectivity index (χ1n) is 9.05. The first-order chi connectivity index (χ1) is 12.2. The second-order valence-electron chi connectivity index (χ2n) is 6.49. The topological polar surface area (TPSA) is 38.7 Å². The lowest BCUT2D eigenvalue weighted by molar-refractivity contribution is -0.149. The summed E-state index contributed by atoms with van der Waals surface area (Å²) in [7, 11) is 0. The molecule has 4 heteroatoms. The van der Waals surface area contributed by atoms with Gasteiger partial charge >= 0.3 is 0 Å². The minimum Gasteiger partial charge on any atom is -0.457 e. The van der Waals surface area contributed by atoms with E-state index in [9.17, 15) is 5.11 Å². The van der Waals surface area contributed by atoms with Crippen LogP contribution in [-0.2, 0) is 9.47 Å². The number of hydrogen-bond acceptors (Lipinski definition) is 4. The molecule has 0 bridgehead atoms. The Bertz CT molecular complexity index is 669. The number of aliphatic hydroxyl groups is 1. The van der Waals surface area contributed by atoms with Crippen LogP contribution in [0, 0.1) is 0 Å². The molecular weight excluding hydrogens is 332 g/mol. The van der Waals surface area contributed by atoms with E-state index in [1.54, 1.807) is 23.9 Å². The molecule has 1 aliphatic heterocycles. The Kier molecular flexibility index (Phi) is 6.16. The van der Waals surface area contributed by atoms with Crippen molar-refractivity contribution in [1.29, 1.82) is 0 Å². The zero-order valence-electron chi connectivity index (χ0n) is 14.7. The molecule has 1 aromatic heterocycles. The maximum Gasteiger partial charge on any atom is 0.249 e. The van der Waals surface area contributed by atoms with Crippen LogP contribution in [0.4, 0.5) is 0 Å². The van der Waals surface area contributed by atoms with E-state index in [1.807, 2.05) is 18.2 Å². The smallest absolute Gasteiger partial charge is 0.249 e. The molecule has 1 aromatic carbocycles. The number of benzene rings is 1. The summed E-state index contributed by atoms with van der Waals surface area (Å²) in [5.74, 6) is -0.447. The average molecular weight is 359 g/mol. The summed E-state index contributed by atoms with van der Waals surface area (Å²) in [6, 6.07) is 12.4. The summed E-state index contributed by atoms with van der Waals surface area (Å²) < 4.78 is 11.2. The van der Waals surface area contributed by atoms with E-state index >= 15 is 0 Å². The van der Waals surface area contributed by atoms with E-state index in [2.05, 4.69) is 30.5 Å². The molecule has 0 saturated heterocycles. The number of aliphatic hydroxyl groups excluding tert-OH is 1. The molecule has 0 aliphatic carbocycles. The Labute approximate surface area is 153 Å². The van der Waals surface area contributed by atoms with E-state index in [1.165, 1.54) is 11.1 Å². The van der Waals surface area contributed by atoms with Crippen LogP contribution >= 0.6 is 11.3 Å². The molecule has 1 aliphatic rings. The van der Waals surface area contributed by atoms with Gasteiger partial charge in [-0.15, -0.1) is 11.3 Å². The first-order valence-corrected chi connectivity index (χ1v) is 9.93. The molecule has 134 valence electrons. The van der Waals surface area contributed by atoms with E-state index in [0.29, 0.717) is 0 Å². The molecule has 2 heterocycles. The number of rotatable bonds is 9. The molecule has 0 spiro atoms. The lowest BCUT2D eigenvalue weighted by atomic mass is 10.0. The fourth-order valence-corrected chi connectivity index (χ4v) is 4.09. The van der Waals surface area contributed by atoms with Gasteiger partial charge < -0.3 is 14.6 Å². The molecular formula is C21H26O3S. The molecule has 0 saturated carbocycles. The summed E-state index contributed by atoms with van der Waals surface area (Å²) in [5, 5.41) is 12.6.